The number of aryl methyl sites for hydroxylation is 2. The topological polar surface area (TPSA) is 47.0 Å². The lowest BCUT2D eigenvalue weighted by Crippen LogP contribution is -2.05. The second kappa shape index (κ2) is 5.40. The van der Waals surface area contributed by atoms with Crippen LogP contribution in [0.2, 0.25) is 0 Å². The van der Waals surface area contributed by atoms with Crippen molar-refractivity contribution in [1.82, 2.24) is 9.97 Å². The molecular weight excluding hydrogens is 318 g/mol. The number of ether oxygens (including phenoxy) is 1. The molecule has 2 aromatic rings. The minimum Gasteiger partial charge on any atom is -0.493 e. The Kier molecular flexibility index (Phi) is 3.61. The molecule has 2 heterocycles. The van der Waals surface area contributed by atoms with Crippen molar-refractivity contribution in [3.8, 4) is 5.75 Å². The second-order valence-electron chi connectivity index (χ2n) is 4.95. The third kappa shape index (κ3) is 2.77. The third-order valence-electron chi connectivity index (χ3n) is 3.25. The van der Waals surface area contributed by atoms with Crippen molar-refractivity contribution in [2.45, 2.75) is 26.8 Å². The van der Waals surface area contributed by atoms with Crippen LogP contribution in [0.1, 0.15) is 22.6 Å². The van der Waals surface area contributed by atoms with E-state index in [-0.39, 0.29) is 0 Å². The zero-order valence-electron chi connectivity index (χ0n) is 11.5. The molecule has 0 spiro atoms. The van der Waals surface area contributed by atoms with Gasteiger partial charge in [0.2, 0.25) is 0 Å². The van der Waals surface area contributed by atoms with Gasteiger partial charge < -0.3 is 10.1 Å². The summed E-state index contributed by atoms with van der Waals surface area (Å²) < 4.78 is 6.82. The third-order valence-corrected chi connectivity index (χ3v) is 3.71. The molecule has 0 fully saturated rings. The van der Waals surface area contributed by atoms with Gasteiger partial charge in [-0.15, -0.1) is 0 Å². The van der Waals surface area contributed by atoms with Crippen LogP contribution < -0.4 is 10.1 Å². The van der Waals surface area contributed by atoms with Gasteiger partial charge in [0.15, 0.2) is 0 Å². The largest absolute Gasteiger partial charge is 0.493 e. The van der Waals surface area contributed by atoms with Gasteiger partial charge in [-0.2, -0.15) is 0 Å². The van der Waals surface area contributed by atoms with Crippen LogP contribution in [-0.2, 0) is 13.0 Å². The van der Waals surface area contributed by atoms with Crippen LogP contribution in [0.3, 0.4) is 0 Å². The molecule has 0 saturated carbocycles. The molecule has 1 N–H and O–H groups in total. The van der Waals surface area contributed by atoms with Crippen molar-refractivity contribution in [2.24, 2.45) is 0 Å². The van der Waals surface area contributed by atoms with E-state index in [1.807, 2.05) is 19.9 Å². The number of rotatable bonds is 3. The Morgan fingerprint density at radius 1 is 1.25 bits per heavy atom. The molecule has 3 rings (SSSR count). The molecule has 20 heavy (non-hydrogen) atoms. The van der Waals surface area contributed by atoms with Crippen LogP contribution >= 0.6 is 15.9 Å². The highest BCUT2D eigenvalue weighted by atomic mass is 79.9. The van der Waals surface area contributed by atoms with E-state index in [1.165, 1.54) is 5.56 Å². The number of aromatic nitrogens is 2. The number of hydrogen-bond acceptors (Lipinski definition) is 4. The Bertz CT molecular complexity index is 638. The van der Waals surface area contributed by atoms with E-state index in [4.69, 9.17) is 4.74 Å². The standard InChI is InChI=1S/C15H16BrN3O/c1-9-5-14(19-10(2)18-9)17-8-12-7-13(16)6-11-3-4-20-15(11)12/h5-7H,3-4,8H2,1-2H3,(H,17,18,19). The highest BCUT2D eigenvalue weighted by molar-refractivity contribution is 9.10. The smallest absolute Gasteiger partial charge is 0.130 e. The molecule has 0 aliphatic carbocycles. The first-order chi connectivity index (χ1) is 9.61. The summed E-state index contributed by atoms with van der Waals surface area (Å²) in [6.45, 7) is 5.33. The average molecular weight is 334 g/mol. The summed E-state index contributed by atoms with van der Waals surface area (Å²) >= 11 is 3.56. The molecule has 1 aliphatic heterocycles. The zero-order chi connectivity index (χ0) is 14.1. The van der Waals surface area contributed by atoms with Crippen LogP contribution in [-0.4, -0.2) is 16.6 Å². The maximum absolute atomic E-state index is 5.73. The van der Waals surface area contributed by atoms with E-state index in [2.05, 4.69) is 43.3 Å². The highest BCUT2D eigenvalue weighted by Gasteiger charge is 2.17. The molecule has 1 aliphatic rings. The average Bonchev–Trinajstić information content (AvgIpc) is 2.82. The predicted octanol–water partition coefficient (Wildman–Crippen LogP) is 3.40. The van der Waals surface area contributed by atoms with Gasteiger partial charge >= 0.3 is 0 Å². The SMILES string of the molecule is Cc1cc(NCc2cc(Br)cc3c2OCC3)nc(C)n1. The van der Waals surface area contributed by atoms with Gasteiger partial charge in [0.25, 0.3) is 0 Å². The molecule has 1 aromatic carbocycles. The van der Waals surface area contributed by atoms with E-state index < -0.39 is 0 Å². The summed E-state index contributed by atoms with van der Waals surface area (Å²) in [5, 5.41) is 3.35. The van der Waals surface area contributed by atoms with Gasteiger partial charge in [-0.1, -0.05) is 15.9 Å². The van der Waals surface area contributed by atoms with Gasteiger partial charge in [0.05, 0.1) is 6.61 Å². The number of halogens is 1. The molecule has 104 valence electrons. The number of anilines is 1. The number of benzene rings is 1. The van der Waals surface area contributed by atoms with Gasteiger partial charge in [-0.05, 0) is 31.5 Å². The van der Waals surface area contributed by atoms with Crippen molar-refractivity contribution < 1.29 is 4.74 Å². The van der Waals surface area contributed by atoms with E-state index in [0.29, 0.717) is 6.54 Å². The van der Waals surface area contributed by atoms with E-state index in [0.717, 1.165) is 46.1 Å². The fourth-order valence-corrected chi connectivity index (χ4v) is 3.02. The van der Waals surface area contributed by atoms with E-state index in [1.54, 1.807) is 0 Å². The Morgan fingerprint density at radius 3 is 2.90 bits per heavy atom. The van der Waals surface area contributed by atoms with E-state index >= 15 is 0 Å². The fraction of sp³-hybridized carbons (Fsp3) is 0.333. The molecule has 0 bridgehead atoms. The van der Waals surface area contributed by atoms with Crippen LogP contribution in [0, 0.1) is 13.8 Å². The van der Waals surface area contributed by atoms with Crippen LogP contribution in [0.15, 0.2) is 22.7 Å². The van der Waals surface area contributed by atoms with Gasteiger partial charge in [0.1, 0.15) is 17.4 Å². The first kappa shape index (κ1) is 13.4. The van der Waals surface area contributed by atoms with E-state index in [9.17, 15) is 0 Å². The second-order valence-corrected chi connectivity index (χ2v) is 5.86. The summed E-state index contributed by atoms with van der Waals surface area (Å²) in [7, 11) is 0. The number of hydrogen-bond donors (Lipinski definition) is 1. The molecule has 0 amide bonds. The normalized spacial score (nSPS) is 12.9. The molecule has 0 atom stereocenters. The lowest BCUT2D eigenvalue weighted by atomic mass is 10.1. The summed E-state index contributed by atoms with van der Waals surface area (Å²) in [4.78, 5) is 8.67. The Balaban J connectivity index is 1.82. The van der Waals surface area contributed by atoms with Gasteiger partial charge in [-0.3, -0.25) is 0 Å². The highest BCUT2D eigenvalue weighted by Crippen LogP contribution is 2.33. The maximum Gasteiger partial charge on any atom is 0.130 e. The lowest BCUT2D eigenvalue weighted by molar-refractivity contribution is 0.354. The minimum atomic E-state index is 0.692. The van der Waals surface area contributed by atoms with Crippen molar-refractivity contribution in [3.63, 3.8) is 0 Å². The number of fused-ring (bicyclic) bond motifs is 1. The van der Waals surface area contributed by atoms with Gasteiger partial charge in [-0.25, -0.2) is 9.97 Å². The zero-order valence-corrected chi connectivity index (χ0v) is 13.1. The Morgan fingerprint density at radius 2 is 2.10 bits per heavy atom. The molecule has 0 radical (unpaired) electrons. The first-order valence-corrected chi connectivity index (χ1v) is 7.41. The molecule has 4 nitrogen and oxygen atoms in total. The molecule has 1 aromatic heterocycles. The quantitative estimate of drug-likeness (QED) is 0.935. The number of nitrogens with one attached hydrogen (secondary N) is 1. The Hall–Kier alpha value is -1.62. The summed E-state index contributed by atoms with van der Waals surface area (Å²) in [6, 6.07) is 6.18. The fourth-order valence-electron chi connectivity index (χ4n) is 2.47. The molecule has 5 heteroatoms. The summed E-state index contributed by atoms with van der Waals surface area (Å²) in [5.74, 6) is 2.65. The van der Waals surface area contributed by atoms with Crippen LogP contribution in [0.5, 0.6) is 5.75 Å². The monoisotopic (exact) mass is 333 g/mol. The van der Waals surface area contributed by atoms with Crippen molar-refractivity contribution >= 4 is 21.7 Å². The maximum atomic E-state index is 5.73. The molecular formula is C15H16BrN3O. The minimum absolute atomic E-state index is 0.692. The molecule has 0 unspecified atom stereocenters. The van der Waals surface area contributed by atoms with Crippen LogP contribution in [0.4, 0.5) is 5.82 Å². The Labute approximate surface area is 126 Å². The summed E-state index contributed by atoms with van der Waals surface area (Å²) in [5.41, 5.74) is 3.39. The van der Waals surface area contributed by atoms with Crippen molar-refractivity contribution in [3.05, 3.63) is 45.3 Å². The van der Waals surface area contributed by atoms with Gasteiger partial charge in [0, 0.05) is 34.8 Å². The van der Waals surface area contributed by atoms with Crippen molar-refractivity contribution in [2.75, 3.05) is 11.9 Å². The molecule has 0 saturated heterocycles. The first-order valence-electron chi connectivity index (χ1n) is 6.62. The lowest BCUT2D eigenvalue weighted by Gasteiger charge is -2.11. The van der Waals surface area contributed by atoms with Crippen molar-refractivity contribution in [1.29, 1.82) is 0 Å². The van der Waals surface area contributed by atoms with Crippen LogP contribution in [0.25, 0.3) is 0 Å². The predicted molar refractivity (Wildman–Crippen MR) is 82.2 cm³/mol. The summed E-state index contributed by atoms with van der Waals surface area (Å²) in [6.07, 6.45) is 0.980. The number of nitrogens with zero attached hydrogens (tertiary/aromatic N) is 2.